The van der Waals surface area contributed by atoms with Crippen LogP contribution >= 0.6 is 23.4 Å². The maximum Gasteiger partial charge on any atom is 0.252 e. The van der Waals surface area contributed by atoms with Gasteiger partial charge >= 0.3 is 0 Å². The Morgan fingerprint density at radius 2 is 2.08 bits per heavy atom. The van der Waals surface area contributed by atoms with Crippen LogP contribution in [0.15, 0.2) is 40.3 Å². The molecule has 2 aromatic heterocycles. The van der Waals surface area contributed by atoms with Crippen LogP contribution in [0.2, 0.25) is 5.02 Å². The highest BCUT2D eigenvalue weighted by molar-refractivity contribution is 7.99. The zero-order valence-corrected chi connectivity index (χ0v) is 15.0. The molecule has 1 amide bonds. The van der Waals surface area contributed by atoms with Crippen molar-refractivity contribution in [2.45, 2.75) is 24.9 Å². The maximum absolute atomic E-state index is 12.1. The lowest BCUT2D eigenvalue weighted by Crippen LogP contribution is -2.15. The van der Waals surface area contributed by atoms with Gasteiger partial charge in [-0.1, -0.05) is 36.7 Å². The molecule has 0 aliphatic heterocycles. The molecule has 3 rings (SSSR count). The molecular formula is C16H16ClN5O2S. The Kier molecular flexibility index (Phi) is 5.40. The van der Waals surface area contributed by atoms with Crippen LogP contribution in [0, 0.1) is 0 Å². The van der Waals surface area contributed by atoms with Crippen molar-refractivity contribution in [1.29, 1.82) is 0 Å². The fraction of sp³-hybridized carbons (Fsp3) is 0.250. The third-order valence-corrected chi connectivity index (χ3v) is 4.60. The molecule has 9 heteroatoms. The number of fused-ring (bicyclic) bond motifs is 1. The molecule has 2 N–H and O–H groups in total. The van der Waals surface area contributed by atoms with Crippen molar-refractivity contribution in [2.75, 3.05) is 11.1 Å². The molecule has 0 atom stereocenters. The second-order valence-electron chi connectivity index (χ2n) is 5.36. The van der Waals surface area contributed by atoms with Gasteiger partial charge in [0.05, 0.1) is 5.75 Å². The number of carbonyl (C=O) groups excluding carboxylic acids is 1. The van der Waals surface area contributed by atoms with E-state index in [4.69, 9.17) is 11.6 Å². The minimum atomic E-state index is -0.208. The predicted octanol–water partition coefficient (Wildman–Crippen LogP) is 2.75. The molecule has 0 aliphatic carbocycles. The number of nitrogens with one attached hydrogen (secondary N) is 2. The molecule has 2 heterocycles. The molecule has 0 saturated carbocycles. The standard InChI is InChI=1S/C16H16ClN5O2S/c1-2-3-12-8-13(23)19-15-20-21-16(22(12)15)25-9-14(24)18-11-6-4-10(17)5-7-11/h4-8H,2-3,9H2,1H3,(H,18,24)(H,19,20,23). The number of carbonyl (C=O) groups is 1. The monoisotopic (exact) mass is 377 g/mol. The number of halogens is 1. The number of aromatic nitrogens is 4. The first-order chi connectivity index (χ1) is 12.1. The lowest BCUT2D eigenvalue weighted by Gasteiger charge is -2.07. The summed E-state index contributed by atoms with van der Waals surface area (Å²) in [4.78, 5) is 26.4. The Hall–Kier alpha value is -2.32. The van der Waals surface area contributed by atoms with Gasteiger partial charge in [-0.15, -0.1) is 10.2 Å². The van der Waals surface area contributed by atoms with Crippen molar-refractivity contribution in [1.82, 2.24) is 19.6 Å². The van der Waals surface area contributed by atoms with Crippen LogP contribution in [0.1, 0.15) is 19.0 Å². The van der Waals surface area contributed by atoms with E-state index in [0.717, 1.165) is 18.5 Å². The number of amides is 1. The molecule has 0 unspecified atom stereocenters. The van der Waals surface area contributed by atoms with E-state index < -0.39 is 0 Å². The van der Waals surface area contributed by atoms with Crippen molar-refractivity contribution >= 4 is 40.7 Å². The first kappa shape index (κ1) is 17.5. The number of H-pyrrole nitrogens is 1. The van der Waals surface area contributed by atoms with Crippen LogP contribution < -0.4 is 10.9 Å². The normalized spacial score (nSPS) is 11.0. The Labute approximate surface area is 152 Å². The van der Waals surface area contributed by atoms with Crippen LogP contribution in [-0.2, 0) is 11.2 Å². The van der Waals surface area contributed by atoms with E-state index in [-0.39, 0.29) is 17.2 Å². The zero-order valence-electron chi connectivity index (χ0n) is 13.5. The second-order valence-corrected chi connectivity index (χ2v) is 6.74. The van der Waals surface area contributed by atoms with Crippen molar-refractivity contribution in [3.8, 4) is 0 Å². The zero-order chi connectivity index (χ0) is 17.8. The summed E-state index contributed by atoms with van der Waals surface area (Å²) >= 11 is 7.09. The summed E-state index contributed by atoms with van der Waals surface area (Å²) in [6.07, 6.45) is 1.61. The van der Waals surface area contributed by atoms with Crippen LogP contribution in [0.5, 0.6) is 0 Å². The number of nitrogens with zero attached hydrogens (tertiary/aromatic N) is 3. The lowest BCUT2D eigenvalue weighted by atomic mass is 10.2. The van der Waals surface area contributed by atoms with E-state index in [9.17, 15) is 9.59 Å². The van der Waals surface area contributed by atoms with E-state index in [1.807, 2.05) is 6.92 Å². The van der Waals surface area contributed by atoms with Crippen LogP contribution in [0.3, 0.4) is 0 Å². The van der Waals surface area contributed by atoms with Crippen LogP contribution in [0.4, 0.5) is 5.69 Å². The number of aryl methyl sites for hydroxylation is 1. The van der Waals surface area contributed by atoms with Crippen LogP contribution in [0.25, 0.3) is 5.78 Å². The van der Waals surface area contributed by atoms with E-state index in [1.165, 1.54) is 17.8 Å². The topological polar surface area (TPSA) is 92.2 Å². The van der Waals surface area contributed by atoms with Gasteiger partial charge in [-0.2, -0.15) is 0 Å². The summed E-state index contributed by atoms with van der Waals surface area (Å²) < 4.78 is 1.78. The smallest absolute Gasteiger partial charge is 0.252 e. The summed E-state index contributed by atoms with van der Waals surface area (Å²) in [7, 11) is 0. The van der Waals surface area contributed by atoms with Gasteiger partial charge in [0.25, 0.3) is 5.56 Å². The average molecular weight is 378 g/mol. The van der Waals surface area contributed by atoms with E-state index in [0.29, 0.717) is 21.6 Å². The molecule has 0 fully saturated rings. The van der Waals surface area contributed by atoms with Gasteiger partial charge in [0.2, 0.25) is 11.7 Å². The van der Waals surface area contributed by atoms with Crippen molar-refractivity contribution in [3.63, 3.8) is 0 Å². The number of hydrogen-bond acceptors (Lipinski definition) is 5. The number of benzene rings is 1. The third kappa shape index (κ3) is 4.21. The van der Waals surface area contributed by atoms with Gasteiger partial charge in [-0.05, 0) is 30.7 Å². The molecule has 0 radical (unpaired) electrons. The molecule has 0 bridgehead atoms. The van der Waals surface area contributed by atoms with Gasteiger partial charge < -0.3 is 5.32 Å². The number of thioether (sulfide) groups is 1. The molecular weight excluding hydrogens is 362 g/mol. The molecule has 3 aromatic rings. The SMILES string of the molecule is CCCc1cc(=O)[nH]c2nnc(SCC(=O)Nc3ccc(Cl)cc3)n12. The highest BCUT2D eigenvalue weighted by atomic mass is 35.5. The number of rotatable bonds is 6. The third-order valence-electron chi connectivity index (χ3n) is 3.42. The first-order valence-corrected chi connectivity index (χ1v) is 9.08. The van der Waals surface area contributed by atoms with E-state index in [2.05, 4.69) is 20.5 Å². The Morgan fingerprint density at radius 3 is 2.80 bits per heavy atom. The number of aromatic amines is 1. The molecule has 0 saturated heterocycles. The summed E-state index contributed by atoms with van der Waals surface area (Å²) in [6.45, 7) is 2.03. The number of hydrogen-bond donors (Lipinski definition) is 2. The van der Waals surface area contributed by atoms with Crippen molar-refractivity contribution in [3.05, 3.63) is 51.4 Å². The minimum absolute atomic E-state index is 0.162. The summed E-state index contributed by atoms with van der Waals surface area (Å²) in [5, 5.41) is 12.0. The fourth-order valence-electron chi connectivity index (χ4n) is 2.37. The molecule has 7 nitrogen and oxygen atoms in total. The minimum Gasteiger partial charge on any atom is -0.325 e. The van der Waals surface area contributed by atoms with Gasteiger partial charge in [0, 0.05) is 22.5 Å². The second kappa shape index (κ2) is 7.71. The largest absolute Gasteiger partial charge is 0.325 e. The molecule has 25 heavy (non-hydrogen) atoms. The summed E-state index contributed by atoms with van der Waals surface area (Å²) in [5.74, 6) is 0.399. The van der Waals surface area contributed by atoms with Gasteiger partial charge in [-0.25, -0.2) is 0 Å². The first-order valence-electron chi connectivity index (χ1n) is 7.72. The molecule has 1 aromatic carbocycles. The predicted molar refractivity (Wildman–Crippen MR) is 98.4 cm³/mol. The van der Waals surface area contributed by atoms with Gasteiger partial charge in [-0.3, -0.25) is 19.0 Å². The summed E-state index contributed by atoms with van der Waals surface area (Å²) in [6, 6.07) is 8.44. The lowest BCUT2D eigenvalue weighted by molar-refractivity contribution is -0.113. The Bertz CT molecular complexity index is 951. The van der Waals surface area contributed by atoms with Crippen molar-refractivity contribution < 1.29 is 4.79 Å². The highest BCUT2D eigenvalue weighted by Crippen LogP contribution is 2.19. The van der Waals surface area contributed by atoms with Crippen molar-refractivity contribution in [2.24, 2.45) is 0 Å². The van der Waals surface area contributed by atoms with E-state index in [1.54, 1.807) is 28.7 Å². The maximum atomic E-state index is 12.1. The fourth-order valence-corrected chi connectivity index (χ4v) is 3.26. The van der Waals surface area contributed by atoms with Gasteiger partial charge in [0.15, 0.2) is 5.16 Å². The Balaban J connectivity index is 1.73. The average Bonchev–Trinajstić information content (AvgIpc) is 2.98. The highest BCUT2D eigenvalue weighted by Gasteiger charge is 2.13. The summed E-state index contributed by atoms with van der Waals surface area (Å²) in [5.41, 5.74) is 1.30. The number of anilines is 1. The molecule has 130 valence electrons. The van der Waals surface area contributed by atoms with Gasteiger partial charge in [0.1, 0.15) is 0 Å². The Morgan fingerprint density at radius 1 is 1.32 bits per heavy atom. The van der Waals surface area contributed by atoms with Crippen LogP contribution in [-0.4, -0.2) is 31.2 Å². The quantitative estimate of drug-likeness (QED) is 0.644. The molecule has 0 spiro atoms. The molecule has 0 aliphatic rings. The van der Waals surface area contributed by atoms with E-state index >= 15 is 0 Å².